The van der Waals surface area contributed by atoms with Gasteiger partial charge < -0.3 is 41.3 Å². The predicted octanol–water partition coefficient (Wildman–Crippen LogP) is 11.3. The zero-order valence-electron chi connectivity index (χ0n) is 33.0. The fourth-order valence-electron chi connectivity index (χ4n) is 5.62. The number of hydrogen-bond donors (Lipinski definition) is 2. The second kappa shape index (κ2) is 47.2. The van der Waals surface area contributed by atoms with Crippen LogP contribution in [-0.2, 0) is 30.2 Å². The number of unbranched alkanes of at least 4 members (excludes halogenated alkanes) is 22. The van der Waals surface area contributed by atoms with Crippen molar-refractivity contribution in [2.24, 2.45) is 0 Å². The fraction of sp³-hybridized carbons (Fsp3) is 0.750. The first-order chi connectivity index (χ1) is 25.3. The van der Waals surface area contributed by atoms with Gasteiger partial charge in [0.05, 0.1) is 21.6 Å². The molecule has 309 valence electrons. The van der Waals surface area contributed by atoms with E-state index in [2.05, 4.69) is 46.6 Å². The molecule has 0 amide bonds. The summed E-state index contributed by atoms with van der Waals surface area (Å²) in [7, 11) is 0. The number of rotatable bonds is 30. The standard InChI is InChI=1S/2C20H36N2.Cu.2NO3/c2*1-2-3-4-5-6-7-8-9-10-11-12-14-17-21-19-20-16-13-15-18-22-20;;2*2-1(3)4/h2*13,15-16,18,21H,2-12,14,17,19H2,1H3;;;/q;;+2;2*-1. The molecule has 0 aliphatic carbocycles. The van der Waals surface area contributed by atoms with E-state index in [1.807, 2.05) is 36.7 Å². The summed E-state index contributed by atoms with van der Waals surface area (Å²) < 4.78 is 0. The van der Waals surface area contributed by atoms with Crippen molar-refractivity contribution >= 4 is 0 Å². The van der Waals surface area contributed by atoms with Gasteiger partial charge in [-0.05, 0) is 50.2 Å². The third-order valence-electron chi connectivity index (χ3n) is 8.48. The Hall–Kier alpha value is -2.86. The number of pyridine rings is 2. The molecule has 0 bridgehead atoms. The summed E-state index contributed by atoms with van der Waals surface area (Å²) in [6.45, 7) is 8.61. The number of aromatic nitrogens is 2. The zero-order valence-corrected chi connectivity index (χ0v) is 33.9. The molecule has 2 N–H and O–H groups in total. The molecule has 2 aromatic heterocycles. The van der Waals surface area contributed by atoms with Crippen LogP contribution in [0.3, 0.4) is 0 Å². The Bertz CT molecular complexity index is 911. The Morgan fingerprint density at radius 3 is 0.925 bits per heavy atom. The summed E-state index contributed by atoms with van der Waals surface area (Å²) in [5.41, 5.74) is 2.28. The van der Waals surface area contributed by atoms with Crippen LogP contribution in [0.4, 0.5) is 0 Å². The minimum atomic E-state index is -1.75. The molecular weight excluding hydrogens is 724 g/mol. The molecule has 0 aliphatic heterocycles. The summed E-state index contributed by atoms with van der Waals surface area (Å²) in [6.07, 6.45) is 37.7. The minimum Gasteiger partial charge on any atom is -0.356 e. The van der Waals surface area contributed by atoms with Gasteiger partial charge in [-0.2, -0.15) is 0 Å². The van der Waals surface area contributed by atoms with Crippen LogP contribution in [-0.4, -0.2) is 33.2 Å². The molecule has 0 saturated heterocycles. The van der Waals surface area contributed by atoms with E-state index in [0.717, 1.165) is 37.6 Å². The van der Waals surface area contributed by atoms with Crippen molar-refractivity contribution in [3.8, 4) is 0 Å². The van der Waals surface area contributed by atoms with Crippen LogP contribution in [0.5, 0.6) is 0 Å². The van der Waals surface area contributed by atoms with E-state index in [-0.39, 0.29) is 17.1 Å². The average molecular weight is 797 g/mol. The van der Waals surface area contributed by atoms with Gasteiger partial charge in [-0.25, -0.2) is 0 Å². The molecule has 2 aromatic rings. The van der Waals surface area contributed by atoms with Crippen molar-refractivity contribution in [3.05, 3.63) is 90.8 Å². The third kappa shape index (κ3) is 53.6. The van der Waals surface area contributed by atoms with Gasteiger partial charge in [-0.1, -0.05) is 167 Å². The second-order valence-electron chi connectivity index (χ2n) is 13.2. The molecule has 2 rings (SSSR count). The van der Waals surface area contributed by atoms with Crippen LogP contribution in [0.2, 0.25) is 0 Å². The van der Waals surface area contributed by atoms with Gasteiger partial charge in [-0.3, -0.25) is 9.97 Å². The van der Waals surface area contributed by atoms with Gasteiger partial charge in [-0.15, -0.1) is 0 Å². The maximum atomic E-state index is 8.25. The van der Waals surface area contributed by atoms with E-state index in [9.17, 15) is 0 Å². The summed E-state index contributed by atoms with van der Waals surface area (Å²) in [4.78, 5) is 25.1. The van der Waals surface area contributed by atoms with Gasteiger partial charge >= 0.3 is 17.1 Å². The first kappa shape index (κ1) is 54.5. The van der Waals surface area contributed by atoms with E-state index in [1.54, 1.807) is 0 Å². The van der Waals surface area contributed by atoms with Gasteiger partial charge in [0.1, 0.15) is 0 Å². The molecule has 1 radical (unpaired) electrons. The summed E-state index contributed by atoms with van der Waals surface area (Å²) in [5.74, 6) is 0. The van der Waals surface area contributed by atoms with Crippen LogP contribution in [0, 0.1) is 30.6 Å². The molecule has 2 heterocycles. The Kier molecular flexibility index (Phi) is 48.5. The van der Waals surface area contributed by atoms with Crippen LogP contribution >= 0.6 is 0 Å². The van der Waals surface area contributed by atoms with E-state index in [4.69, 9.17) is 30.6 Å². The first-order valence-electron chi connectivity index (χ1n) is 20.2. The largest absolute Gasteiger partial charge is 2.00 e. The Labute approximate surface area is 331 Å². The molecule has 0 unspecified atom stereocenters. The second-order valence-corrected chi connectivity index (χ2v) is 13.2. The summed E-state index contributed by atoms with van der Waals surface area (Å²) >= 11 is 0. The number of nitrogens with zero attached hydrogens (tertiary/aromatic N) is 4. The molecular formula is C40H72CuN6O6. The van der Waals surface area contributed by atoms with Gasteiger partial charge in [0.25, 0.3) is 0 Å². The van der Waals surface area contributed by atoms with Crippen molar-refractivity contribution in [1.82, 2.24) is 20.6 Å². The molecule has 0 fully saturated rings. The predicted molar refractivity (Wildman–Crippen MR) is 215 cm³/mol. The maximum absolute atomic E-state index is 8.25. The SMILES string of the molecule is CCCCCCCCCCCCCCNCc1ccccn1.CCCCCCCCCCCCCCNCc1ccccn1.O=[N+]([O-])[O-].O=[N+]([O-])[O-].[Cu+2]. The molecule has 0 aromatic carbocycles. The first-order valence-corrected chi connectivity index (χ1v) is 20.2. The van der Waals surface area contributed by atoms with Crippen LogP contribution < -0.4 is 10.6 Å². The Balaban J connectivity index is -0.000000771. The van der Waals surface area contributed by atoms with E-state index < -0.39 is 10.2 Å². The molecule has 0 aliphatic rings. The summed E-state index contributed by atoms with van der Waals surface area (Å²) in [5, 5.41) is 36.4. The van der Waals surface area contributed by atoms with Crippen molar-refractivity contribution in [3.63, 3.8) is 0 Å². The van der Waals surface area contributed by atoms with Gasteiger partial charge in [0.2, 0.25) is 0 Å². The fourth-order valence-corrected chi connectivity index (χ4v) is 5.62. The molecule has 0 saturated carbocycles. The Morgan fingerprint density at radius 2 is 0.698 bits per heavy atom. The monoisotopic (exact) mass is 795 g/mol. The number of nitrogens with one attached hydrogen (secondary N) is 2. The maximum Gasteiger partial charge on any atom is 2.00 e. The van der Waals surface area contributed by atoms with Gasteiger partial charge in [0, 0.05) is 25.5 Å². The number of hydrogen-bond acceptors (Lipinski definition) is 10. The molecule has 13 heteroatoms. The van der Waals surface area contributed by atoms with Crippen LogP contribution in [0.1, 0.15) is 179 Å². The van der Waals surface area contributed by atoms with Gasteiger partial charge in [0.15, 0.2) is 0 Å². The molecule has 0 spiro atoms. The van der Waals surface area contributed by atoms with Crippen molar-refractivity contribution in [2.45, 2.75) is 181 Å². The molecule has 53 heavy (non-hydrogen) atoms. The van der Waals surface area contributed by atoms with Crippen LogP contribution in [0.15, 0.2) is 48.8 Å². The molecule has 0 atom stereocenters. The smallest absolute Gasteiger partial charge is 0.356 e. The van der Waals surface area contributed by atoms with Crippen molar-refractivity contribution in [2.75, 3.05) is 13.1 Å². The van der Waals surface area contributed by atoms with E-state index in [1.165, 1.54) is 154 Å². The Morgan fingerprint density at radius 1 is 0.453 bits per heavy atom. The average Bonchev–Trinajstić information content (AvgIpc) is 3.12. The van der Waals surface area contributed by atoms with Crippen molar-refractivity contribution in [1.29, 1.82) is 0 Å². The van der Waals surface area contributed by atoms with E-state index in [0.29, 0.717) is 0 Å². The molecule has 12 nitrogen and oxygen atoms in total. The van der Waals surface area contributed by atoms with Crippen molar-refractivity contribution < 1.29 is 27.2 Å². The zero-order chi connectivity index (χ0) is 38.6. The van der Waals surface area contributed by atoms with Crippen LogP contribution in [0.25, 0.3) is 0 Å². The minimum absolute atomic E-state index is 0. The topological polar surface area (TPSA) is 182 Å². The quantitative estimate of drug-likeness (QED) is 0.0334. The summed E-state index contributed by atoms with van der Waals surface area (Å²) in [6, 6.07) is 12.2. The third-order valence-corrected chi connectivity index (χ3v) is 8.48. The normalized spacial score (nSPS) is 10.0. The van der Waals surface area contributed by atoms with E-state index >= 15 is 0 Å².